The van der Waals surface area contributed by atoms with E-state index in [4.69, 9.17) is 14.3 Å². The first-order chi connectivity index (χ1) is 14.0. The fourth-order valence-corrected chi connectivity index (χ4v) is 2.68. The summed E-state index contributed by atoms with van der Waals surface area (Å²) in [5.41, 5.74) is 3.82. The summed E-state index contributed by atoms with van der Waals surface area (Å²) in [6.07, 6.45) is -0.464. The maximum Gasteiger partial charge on any atom is 0.431 e. The van der Waals surface area contributed by atoms with Crippen LogP contribution in [0.2, 0.25) is 0 Å². The van der Waals surface area contributed by atoms with Crippen LogP contribution in [0, 0.1) is 5.92 Å². The lowest BCUT2D eigenvalue weighted by Gasteiger charge is -2.19. The average molecular weight is 400 g/mol. The maximum atomic E-state index is 12.3. The molecule has 0 heterocycles. The van der Waals surface area contributed by atoms with Gasteiger partial charge >= 0.3 is 6.09 Å². The summed E-state index contributed by atoms with van der Waals surface area (Å²) in [6.45, 7) is 4.18. The maximum absolute atomic E-state index is 12.3. The Labute approximate surface area is 171 Å². The van der Waals surface area contributed by atoms with E-state index >= 15 is 0 Å². The normalized spacial score (nSPS) is 11.6. The molecule has 0 radical (unpaired) electrons. The molecule has 29 heavy (non-hydrogen) atoms. The highest BCUT2D eigenvalue weighted by Gasteiger charge is 2.18. The average Bonchev–Trinajstić information content (AvgIpc) is 2.71. The summed E-state index contributed by atoms with van der Waals surface area (Å²) in [4.78, 5) is 29.7. The molecule has 0 saturated heterocycles. The van der Waals surface area contributed by atoms with Crippen LogP contribution in [0.5, 0.6) is 5.75 Å². The van der Waals surface area contributed by atoms with Crippen LogP contribution in [0.1, 0.15) is 32.3 Å². The molecular weight excluding hydrogens is 372 g/mol. The zero-order chi connectivity index (χ0) is 21.1. The quantitative estimate of drug-likeness (QED) is 0.581. The number of carbonyl (C=O) groups excluding carboxylic acids is 2. The Hall–Kier alpha value is -3.06. The molecule has 1 atom stereocenters. The minimum absolute atomic E-state index is 0.100. The first-order valence-electron chi connectivity index (χ1n) is 9.52. The van der Waals surface area contributed by atoms with Gasteiger partial charge in [-0.25, -0.2) is 4.79 Å². The molecule has 0 fully saturated rings. The summed E-state index contributed by atoms with van der Waals surface area (Å²) in [5, 5.41) is 2.81. The van der Waals surface area contributed by atoms with Gasteiger partial charge in [0, 0.05) is 5.69 Å². The number of methoxy groups -OCH3 is 1. The van der Waals surface area contributed by atoms with E-state index in [1.807, 2.05) is 44.2 Å². The van der Waals surface area contributed by atoms with Gasteiger partial charge in [-0.1, -0.05) is 44.2 Å². The highest BCUT2D eigenvalue weighted by Crippen LogP contribution is 2.17. The number of benzene rings is 2. The van der Waals surface area contributed by atoms with Crippen molar-refractivity contribution in [1.82, 2.24) is 5.48 Å². The van der Waals surface area contributed by atoms with Crippen molar-refractivity contribution in [2.45, 2.75) is 39.4 Å². The number of nitrogens with one attached hydrogen (secondary N) is 2. The van der Waals surface area contributed by atoms with Crippen molar-refractivity contribution in [3.8, 4) is 5.75 Å². The zero-order valence-electron chi connectivity index (χ0n) is 17.0. The second-order valence-corrected chi connectivity index (χ2v) is 7.01. The molecule has 7 heteroatoms. The smallest absolute Gasteiger partial charge is 0.431 e. The van der Waals surface area contributed by atoms with Gasteiger partial charge in [0.2, 0.25) is 5.91 Å². The predicted octanol–water partition coefficient (Wildman–Crippen LogP) is 4.30. The van der Waals surface area contributed by atoms with Crippen LogP contribution < -0.4 is 15.5 Å². The van der Waals surface area contributed by atoms with Gasteiger partial charge in [0.15, 0.2) is 0 Å². The molecule has 2 rings (SSSR count). The second kappa shape index (κ2) is 11.7. The predicted molar refractivity (Wildman–Crippen MR) is 110 cm³/mol. The van der Waals surface area contributed by atoms with Crippen molar-refractivity contribution in [3.63, 3.8) is 0 Å². The molecule has 2 amide bonds. The van der Waals surface area contributed by atoms with Crippen molar-refractivity contribution < 1.29 is 23.9 Å². The fourth-order valence-electron chi connectivity index (χ4n) is 2.68. The van der Waals surface area contributed by atoms with Crippen molar-refractivity contribution >= 4 is 17.7 Å². The van der Waals surface area contributed by atoms with E-state index in [9.17, 15) is 9.59 Å². The molecule has 2 N–H and O–H groups in total. The molecule has 0 saturated carbocycles. The highest BCUT2D eigenvalue weighted by atomic mass is 16.7. The highest BCUT2D eigenvalue weighted by molar-refractivity contribution is 5.91. The third-order valence-electron chi connectivity index (χ3n) is 4.04. The third kappa shape index (κ3) is 8.66. The molecule has 0 spiro atoms. The van der Waals surface area contributed by atoms with Crippen molar-refractivity contribution in [2.75, 3.05) is 12.4 Å². The Morgan fingerprint density at radius 3 is 2.31 bits per heavy atom. The van der Waals surface area contributed by atoms with E-state index in [2.05, 4.69) is 10.8 Å². The fraction of sp³-hybridized carbons (Fsp3) is 0.364. The molecule has 0 aliphatic heterocycles. The molecule has 0 aliphatic carbocycles. The van der Waals surface area contributed by atoms with E-state index in [1.54, 1.807) is 31.4 Å². The minimum Gasteiger partial charge on any atom is -0.497 e. The number of rotatable bonds is 10. The Bertz CT molecular complexity index is 763. The minimum atomic E-state index is -0.696. The summed E-state index contributed by atoms with van der Waals surface area (Å²) in [5.74, 6) is 0.790. The first kappa shape index (κ1) is 22.2. The van der Waals surface area contributed by atoms with Crippen molar-refractivity contribution in [1.29, 1.82) is 0 Å². The van der Waals surface area contributed by atoms with E-state index < -0.39 is 12.2 Å². The Morgan fingerprint density at radius 1 is 1.00 bits per heavy atom. The van der Waals surface area contributed by atoms with Crippen molar-refractivity contribution in [3.05, 3.63) is 60.2 Å². The van der Waals surface area contributed by atoms with Crippen LogP contribution in [-0.4, -0.2) is 25.2 Å². The van der Waals surface area contributed by atoms with Gasteiger partial charge in [-0.2, -0.15) is 5.48 Å². The number of hydrogen-bond donors (Lipinski definition) is 2. The van der Waals surface area contributed by atoms with E-state index in [0.29, 0.717) is 17.9 Å². The topological polar surface area (TPSA) is 85.9 Å². The van der Waals surface area contributed by atoms with Gasteiger partial charge in [0.1, 0.15) is 12.4 Å². The largest absolute Gasteiger partial charge is 0.497 e. The molecule has 2 aromatic rings. The van der Waals surface area contributed by atoms with Crippen molar-refractivity contribution in [2.24, 2.45) is 5.92 Å². The lowest BCUT2D eigenvalue weighted by Crippen LogP contribution is -2.33. The standard InChI is InChI=1S/C22H28N2O5/c1-16(2)13-20(14-21(25)23-18-9-11-19(27-3)12-10-18)29-24-22(26)28-15-17-7-5-4-6-8-17/h4-12,16,20H,13-15H2,1-3H3,(H,23,25)(H,24,26)/t20-/m1/s1. The zero-order valence-corrected chi connectivity index (χ0v) is 17.0. The van der Waals surface area contributed by atoms with Crippen LogP contribution >= 0.6 is 0 Å². The molecule has 0 bridgehead atoms. The molecule has 156 valence electrons. The lowest BCUT2D eigenvalue weighted by molar-refractivity contribution is -0.121. The Morgan fingerprint density at radius 2 is 1.69 bits per heavy atom. The molecule has 0 unspecified atom stereocenters. The van der Waals surface area contributed by atoms with Gasteiger partial charge in [-0.15, -0.1) is 0 Å². The van der Waals surface area contributed by atoms with Gasteiger partial charge in [0.05, 0.1) is 19.6 Å². The summed E-state index contributed by atoms with van der Waals surface area (Å²) >= 11 is 0. The number of ether oxygens (including phenoxy) is 2. The van der Waals surface area contributed by atoms with E-state index in [0.717, 1.165) is 5.56 Å². The van der Waals surface area contributed by atoms with Gasteiger partial charge in [-0.05, 0) is 42.2 Å². The molecule has 7 nitrogen and oxygen atoms in total. The number of hydroxylamine groups is 1. The molecule has 0 aliphatic rings. The SMILES string of the molecule is COc1ccc(NC(=O)C[C@@H](CC(C)C)ONC(=O)OCc2ccccc2)cc1. The Kier molecular flexibility index (Phi) is 8.98. The van der Waals surface area contributed by atoms with Crippen LogP contribution in [0.3, 0.4) is 0 Å². The van der Waals surface area contributed by atoms with Gasteiger partial charge in [0.25, 0.3) is 0 Å². The third-order valence-corrected chi connectivity index (χ3v) is 4.04. The number of anilines is 1. The molecular formula is C22H28N2O5. The number of amides is 2. The molecule has 2 aromatic carbocycles. The van der Waals surface area contributed by atoms with Gasteiger partial charge < -0.3 is 14.8 Å². The van der Waals surface area contributed by atoms with E-state index in [1.165, 1.54) is 0 Å². The van der Waals surface area contributed by atoms with Gasteiger partial charge in [-0.3, -0.25) is 9.63 Å². The summed E-state index contributed by atoms with van der Waals surface area (Å²) < 4.78 is 10.2. The lowest BCUT2D eigenvalue weighted by atomic mass is 10.0. The van der Waals surface area contributed by atoms with Crippen LogP contribution in [0.4, 0.5) is 10.5 Å². The summed E-state index contributed by atoms with van der Waals surface area (Å²) in [7, 11) is 1.58. The summed E-state index contributed by atoms with van der Waals surface area (Å²) in [6, 6.07) is 16.4. The second-order valence-electron chi connectivity index (χ2n) is 7.01. The number of hydrogen-bond acceptors (Lipinski definition) is 5. The first-order valence-corrected chi connectivity index (χ1v) is 9.52. The van der Waals surface area contributed by atoms with Crippen LogP contribution in [-0.2, 0) is 21.0 Å². The molecule has 0 aromatic heterocycles. The monoisotopic (exact) mass is 400 g/mol. The number of carbonyl (C=O) groups is 2. The van der Waals surface area contributed by atoms with E-state index in [-0.39, 0.29) is 24.9 Å². The van der Waals surface area contributed by atoms with Crippen LogP contribution in [0.15, 0.2) is 54.6 Å². The van der Waals surface area contributed by atoms with Crippen LogP contribution in [0.25, 0.3) is 0 Å². The Balaban J connectivity index is 1.80.